The highest BCUT2D eigenvalue weighted by molar-refractivity contribution is 7.99. The number of nitrogens with one attached hydrogen (secondary N) is 1. The van der Waals surface area contributed by atoms with Crippen LogP contribution in [0.4, 0.5) is 0 Å². The number of benzene rings is 3. The molecule has 1 aliphatic heterocycles. The van der Waals surface area contributed by atoms with Gasteiger partial charge in [0, 0.05) is 36.0 Å². The van der Waals surface area contributed by atoms with Crippen LogP contribution < -0.4 is 5.32 Å². The standard InChI is InChI=1S/C31H30N2O4S/c34-20-23-11-13-24(14-12-23)28-18-27(21-38-29-8-4-5-17-32-29)36-31(37-28)26-15-9-22(10-16-26)19-33-30(35)25-6-2-1-3-7-25/h1-17,27-28,31,34H,18-21H2,(H,33,35)/t27-,28+,31+/m0/s1. The molecule has 3 aromatic carbocycles. The summed E-state index contributed by atoms with van der Waals surface area (Å²) in [5.74, 6) is 0.656. The van der Waals surface area contributed by atoms with E-state index in [0.717, 1.165) is 39.5 Å². The maximum Gasteiger partial charge on any atom is 0.251 e. The summed E-state index contributed by atoms with van der Waals surface area (Å²) in [6.07, 6.45) is 1.83. The van der Waals surface area contributed by atoms with Crippen LogP contribution in [-0.2, 0) is 22.6 Å². The number of nitrogens with zero attached hydrogens (tertiary/aromatic N) is 1. The van der Waals surface area contributed by atoms with Gasteiger partial charge in [0.1, 0.15) is 0 Å². The Hall–Kier alpha value is -3.49. The summed E-state index contributed by atoms with van der Waals surface area (Å²) in [4.78, 5) is 16.8. The van der Waals surface area contributed by atoms with Crippen LogP contribution in [0.3, 0.4) is 0 Å². The van der Waals surface area contributed by atoms with Crippen molar-refractivity contribution in [3.8, 4) is 0 Å². The van der Waals surface area contributed by atoms with Gasteiger partial charge in [0.2, 0.25) is 0 Å². The van der Waals surface area contributed by atoms with E-state index in [9.17, 15) is 9.90 Å². The number of amides is 1. The van der Waals surface area contributed by atoms with Crippen LogP contribution in [0, 0.1) is 0 Å². The van der Waals surface area contributed by atoms with Crippen molar-refractivity contribution in [1.82, 2.24) is 10.3 Å². The van der Waals surface area contributed by atoms with Crippen LogP contribution in [0.25, 0.3) is 0 Å². The van der Waals surface area contributed by atoms with E-state index < -0.39 is 6.29 Å². The lowest BCUT2D eigenvalue weighted by Gasteiger charge is -2.36. The minimum atomic E-state index is -0.520. The fourth-order valence-electron chi connectivity index (χ4n) is 4.30. The van der Waals surface area contributed by atoms with Crippen molar-refractivity contribution in [2.75, 3.05) is 5.75 Å². The van der Waals surface area contributed by atoms with E-state index in [-0.39, 0.29) is 24.7 Å². The second kappa shape index (κ2) is 12.8. The van der Waals surface area contributed by atoms with E-state index in [0.29, 0.717) is 12.1 Å². The van der Waals surface area contributed by atoms with Gasteiger partial charge in [-0.25, -0.2) is 4.98 Å². The summed E-state index contributed by atoms with van der Waals surface area (Å²) in [7, 11) is 0. The molecule has 0 radical (unpaired) electrons. The van der Waals surface area contributed by atoms with Crippen molar-refractivity contribution < 1.29 is 19.4 Å². The first-order valence-corrected chi connectivity index (χ1v) is 13.6. The lowest BCUT2D eigenvalue weighted by atomic mass is 10.0. The Bertz CT molecular complexity index is 1300. The van der Waals surface area contributed by atoms with Gasteiger partial charge in [0.15, 0.2) is 6.29 Å². The Labute approximate surface area is 227 Å². The Morgan fingerprint density at radius 2 is 1.58 bits per heavy atom. The highest BCUT2D eigenvalue weighted by Crippen LogP contribution is 2.39. The molecule has 38 heavy (non-hydrogen) atoms. The molecule has 0 saturated carbocycles. The fraction of sp³-hybridized carbons (Fsp3) is 0.226. The molecule has 194 valence electrons. The molecule has 1 aliphatic rings. The molecule has 0 bridgehead atoms. The van der Waals surface area contributed by atoms with Crippen LogP contribution in [0.1, 0.15) is 51.4 Å². The number of thioether (sulfide) groups is 1. The van der Waals surface area contributed by atoms with Gasteiger partial charge < -0.3 is 19.9 Å². The summed E-state index contributed by atoms with van der Waals surface area (Å²) in [6.45, 7) is 0.447. The van der Waals surface area contributed by atoms with Crippen molar-refractivity contribution in [2.24, 2.45) is 0 Å². The van der Waals surface area contributed by atoms with Gasteiger partial charge in [-0.15, -0.1) is 11.8 Å². The lowest BCUT2D eigenvalue weighted by molar-refractivity contribution is -0.245. The number of aromatic nitrogens is 1. The smallest absolute Gasteiger partial charge is 0.251 e. The second-order valence-corrected chi connectivity index (χ2v) is 10.2. The number of pyridine rings is 1. The molecular weight excluding hydrogens is 496 g/mol. The molecule has 6 nitrogen and oxygen atoms in total. The third-order valence-corrected chi connectivity index (χ3v) is 7.49. The zero-order valence-electron chi connectivity index (χ0n) is 20.9. The van der Waals surface area contributed by atoms with Gasteiger partial charge in [-0.2, -0.15) is 0 Å². The monoisotopic (exact) mass is 526 g/mol. The third-order valence-electron chi connectivity index (χ3n) is 6.41. The van der Waals surface area contributed by atoms with Crippen LogP contribution in [0.2, 0.25) is 0 Å². The van der Waals surface area contributed by atoms with Gasteiger partial charge in [0.05, 0.1) is 23.8 Å². The summed E-state index contributed by atoms with van der Waals surface area (Å²) >= 11 is 1.67. The Balaban J connectivity index is 1.27. The molecule has 7 heteroatoms. The summed E-state index contributed by atoms with van der Waals surface area (Å²) in [5, 5.41) is 13.3. The van der Waals surface area contributed by atoms with Crippen LogP contribution in [-0.4, -0.2) is 27.9 Å². The third kappa shape index (κ3) is 6.88. The number of carbonyl (C=O) groups is 1. The molecule has 1 amide bonds. The van der Waals surface area contributed by atoms with Crippen molar-refractivity contribution in [1.29, 1.82) is 0 Å². The first-order chi connectivity index (χ1) is 18.7. The highest BCUT2D eigenvalue weighted by Gasteiger charge is 2.32. The van der Waals surface area contributed by atoms with Crippen molar-refractivity contribution >= 4 is 17.7 Å². The number of rotatable bonds is 9. The molecule has 4 aromatic rings. The van der Waals surface area contributed by atoms with Gasteiger partial charge >= 0.3 is 0 Å². The van der Waals surface area contributed by atoms with E-state index in [4.69, 9.17) is 9.47 Å². The second-order valence-electron chi connectivity index (χ2n) is 9.12. The van der Waals surface area contributed by atoms with Crippen molar-refractivity contribution in [2.45, 2.75) is 43.1 Å². The molecule has 0 unspecified atom stereocenters. The average molecular weight is 527 g/mol. The molecule has 1 fully saturated rings. The molecule has 5 rings (SSSR count). The average Bonchev–Trinajstić information content (AvgIpc) is 3.00. The number of aliphatic hydroxyl groups excluding tert-OH is 1. The normalized spacial score (nSPS) is 19.1. The van der Waals surface area contributed by atoms with Gasteiger partial charge in [0.25, 0.3) is 5.91 Å². The largest absolute Gasteiger partial charge is 0.392 e. The summed E-state index contributed by atoms with van der Waals surface area (Å²) in [5.41, 5.74) is 4.49. The highest BCUT2D eigenvalue weighted by atomic mass is 32.2. The zero-order valence-corrected chi connectivity index (χ0v) is 21.7. The van der Waals surface area contributed by atoms with E-state index in [1.54, 1.807) is 30.1 Å². The van der Waals surface area contributed by atoms with Gasteiger partial charge in [-0.1, -0.05) is 72.8 Å². The molecule has 0 aliphatic carbocycles. The molecule has 1 saturated heterocycles. The SMILES string of the molecule is O=C(NCc1ccc([C@@H]2O[C@H](CSc3ccccn3)C[C@H](c3ccc(CO)cc3)O2)cc1)c1ccccc1. The minimum Gasteiger partial charge on any atom is -0.392 e. The first kappa shape index (κ1) is 26.1. The Kier molecular flexibility index (Phi) is 8.83. The number of ether oxygens (including phenoxy) is 2. The van der Waals surface area contributed by atoms with Gasteiger partial charge in [-0.3, -0.25) is 4.79 Å². The maximum atomic E-state index is 12.4. The lowest BCUT2D eigenvalue weighted by Crippen LogP contribution is -2.31. The first-order valence-electron chi connectivity index (χ1n) is 12.6. The number of hydrogen-bond acceptors (Lipinski definition) is 6. The van der Waals surface area contributed by atoms with E-state index >= 15 is 0 Å². The Morgan fingerprint density at radius 3 is 2.29 bits per heavy atom. The molecule has 0 spiro atoms. The van der Waals surface area contributed by atoms with E-state index in [1.165, 1.54) is 0 Å². The molecule has 2 N–H and O–H groups in total. The van der Waals surface area contributed by atoms with Crippen LogP contribution >= 0.6 is 11.8 Å². The quantitative estimate of drug-likeness (QED) is 0.267. The molecule has 2 heterocycles. The summed E-state index contributed by atoms with van der Waals surface area (Å²) in [6, 6.07) is 30.9. The molecule has 1 aromatic heterocycles. The number of carbonyl (C=O) groups excluding carboxylic acids is 1. The van der Waals surface area contributed by atoms with Crippen LogP contribution in [0.15, 0.2) is 108 Å². The molecule has 3 atom stereocenters. The van der Waals surface area contributed by atoms with E-state index in [2.05, 4.69) is 10.3 Å². The molecular formula is C31H30N2O4S. The fourth-order valence-corrected chi connectivity index (χ4v) is 5.18. The Morgan fingerprint density at radius 1 is 0.868 bits per heavy atom. The summed E-state index contributed by atoms with van der Waals surface area (Å²) < 4.78 is 12.8. The van der Waals surface area contributed by atoms with Crippen LogP contribution in [0.5, 0.6) is 0 Å². The maximum absolute atomic E-state index is 12.4. The van der Waals surface area contributed by atoms with Crippen molar-refractivity contribution in [3.05, 3.63) is 131 Å². The predicted octanol–water partition coefficient (Wildman–Crippen LogP) is 5.84. The van der Waals surface area contributed by atoms with Gasteiger partial charge in [-0.05, 0) is 41.0 Å². The number of hydrogen-bond donors (Lipinski definition) is 2. The topological polar surface area (TPSA) is 80.7 Å². The zero-order chi connectivity index (χ0) is 26.2. The minimum absolute atomic E-state index is 0.0129. The van der Waals surface area contributed by atoms with E-state index in [1.807, 2.05) is 84.9 Å². The van der Waals surface area contributed by atoms with Crippen molar-refractivity contribution in [3.63, 3.8) is 0 Å². The predicted molar refractivity (Wildman–Crippen MR) is 147 cm³/mol. The number of aliphatic hydroxyl groups is 1.